The second-order valence-electron chi connectivity index (χ2n) is 5.66. The largest absolute Gasteiger partial charge is 0.493 e. The average molecular weight is 367 g/mol. The van der Waals surface area contributed by atoms with Crippen molar-refractivity contribution in [1.82, 2.24) is 4.98 Å². The van der Waals surface area contributed by atoms with Gasteiger partial charge in [0.15, 0.2) is 11.5 Å². The molecule has 27 heavy (non-hydrogen) atoms. The summed E-state index contributed by atoms with van der Waals surface area (Å²) in [5.41, 5.74) is 7.73. The number of ether oxygens (including phenoxy) is 2. The first-order valence-electron chi connectivity index (χ1n) is 8.07. The lowest BCUT2D eigenvalue weighted by Gasteiger charge is -2.12. The third-order valence-electron chi connectivity index (χ3n) is 3.95. The summed E-state index contributed by atoms with van der Waals surface area (Å²) in [6.45, 7) is 0. The number of nitrogen functional groups attached to an aromatic ring is 1. The van der Waals surface area contributed by atoms with Crippen LogP contribution >= 0.6 is 0 Å². The fourth-order valence-electron chi connectivity index (χ4n) is 2.61. The topological polar surface area (TPSA) is 86.5 Å². The van der Waals surface area contributed by atoms with Crippen molar-refractivity contribution in [2.45, 2.75) is 0 Å². The zero-order valence-corrected chi connectivity index (χ0v) is 14.8. The number of aromatic nitrogens is 1. The first-order chi connectivity index (χ1) is 13.0. The zero-order valence-electron chi connectivity index (χ0n) is 14.8. The van der Waals surface area contributed by atoms with Gasteiger partial charge in [-0.3, -0.25) is 4.79 Å². The summed E-state index contributed by atoms with van der Waals surface area (Å²) in [6, 6.07) is 14.2. The van der Waals surface area contributed by atoms with Gasteiger partial charge in [-0.1, -0.05) is 12.1 Å². The van der Waals surface area contributed by atoms with Gasteiger partial charge in [0.25, 0.3) is 5.91 Å². The van der Waals surface area contributed by atoms with E-state index in [-0.39, 0.29) is 17.2 Å². The Kier molecular flexibility index (Phi) is 5.21. The molecule has 0 saturated carbocycles. The number of methoxy groups -OCH3 is 2. The molecule has 1 aromatic heterocycles. The van der Waals surface area contributed by atoms with Crippen molar-refractivity contribution in [2.24, 2.45) is 0 Å². The Balaban J connectivity index is 1.85. The number of pyridine rings is 1. The van der Waals surface area contributed by atoms with E-state index in [1.807, 2.05) is 6.07 Å². The predicted octanol–water partition coefficient (Wildman–Crippen LogP) is 3.74. The third-order valence-corrected chi connectivity index (χ3v) is 3.95. The number of nitrogens with one attached hydrogen (secondary N) is 1. The molecule has 6 nitrogen and oxygen atoms in total. The molecule has 3 rings (SSSR count). The van der Waals surface area contributed by atoms with Crippen molar-refractivity contribution in [1.29, 1.82) is 0 Å². The first-order valence-corrected chi connectivity index (χ1v) is 8.07. The van der Waals surface area contributed by atoms with Gasteiger partial charge in [-0.05, 0) is 48.0 Å². The number of halogens is 1. The molecule has 1 heterocycles. The molecule has 0 fully saturated rings. The maximum atomic E-state index is 13.3. The van der Waals surface area contributed by atoms with Crippen LogP contribution in [-0.4, -0.2) is 25.1 Å². The maximum absolute atomic E-state index is 13.3. The van der Waals surface area contributed by atoms with Gasteiger partial charge >= 0.3 is 0 Å². The highest BCUT2D eigenvalue weighted by Crippen LogP contribution is 2.34. The van der Waals surface area contributed by atoms with Gasteiger partial charge < -0.3 is 20.5 Å². The van der Waals surface area contributed by atoms with E-state index >= 15 is 0 Å². The Morgan fingerprint density at radius 3 is 2.48 bits per heavy atom. The van der Waals surface area contributed by atoms with E-state index in [9.17, 15) is 9.18 Å². The summed E-state index contributed by atoms with van der Waals surface area (Å²) in [5, 5.41) is 2.60. The van der Waals surface area contributed by atoms with E-state index in [4.69, 9.17) is 15.2 Å². The van der Waals surface area contributed by atoms with E-state index in [0.717, 1.165) is 11.6 Å². The summed E-state index contributed by atoms with van der Waals surface area (Å²) in [5.74, 6) is 0.717. The molecule has 0 radical (unpaired) electrons. The number of carbonyl (C=O) groups is 1. The normalized spacial score (nSPS) is 10.3. The highest BCUT2D eigenvalue weighted by molar-refractivity contribution is 6.04. The number of nitrogens with two attached hydrogens (primary N) is 1. The van der Waals surface area contributed by atoms with Gasteiger partial charge in [0.05, 0.1) is 14.2 Å². The van der Waals surface area contributed by atoms with Crippen molar-refractivity contribution in [2.75, 3.05) is 25.3 Å². The molecule has 138 valence electrons. The second-order valence-corrected chi connectivity index (χ2v) is 5.66. The number of hydrogen-bond acceptors (Lipinski definition) is 5. The number of carbonyl (C=O) groups excluding carboxylic acids is 1. The van der Waals surface area contributed by atoms with E-state index in [1.165, 1.54) is 18.2 Å². The number of nitrogens with zero attached hydrogens (tertiary/aromatic N) is 1. The molecular formula is C20H18FN3O3. The van der Waals surface area contributed by atoms with Crippen molar-refractivity contribution in [3.63, 3.8) is 0 Å². The molecule has 0 bridgehead atoms. The lowest BCUT2D eigenvalue weighted by atomic mass is 10.1. The summed E-state index contributed by atoms with van der Waals surface area (Å²) < 4.78 is 23.8. The maximum Gasteiger partial charge on any atom is 0.256 e. The average Bonchev–Trinajstić information content (AvgIpc) is 2.67. The molecular weight excluding hydrogens is 349 g/mol. The number of benzene rings is 2. The first kappa shape index (κ1) is 18.2. The molecule has 3 aromatic rings. The van der Waals surface area contributed by atoms with Gasteiger partial charge in [-0.25, -0.2) is 9.37 Å². The van der Waals surface area contributed by atoms with Crippen LogP contribution in [0.15, 0.2) is 54.6 Å². The summed E-state index contributed by atoms with van der Waals surface area (Å²) in [6.07, 6.45) is 0. The van der Waals surface area contributed by atoms with Gasteiger partial charge in [-0.15, -0.1) is 0 Å². The fourth-order valence-corrected chi connectivity index (χ4v) is 2.61. The van der Waals surface area contributed by atoms with Crippen LogP contribution in [0, 0.1) is 5.82 Å². The SMILES string of the molecule is COc1ccc(-c2ccc(NC(=O)c3cccc(F)c3)nc2N)cc1OC. The molecule has 0 atom stereocenters. The molecule has 0 aliphatic carbocycles. The minimum absolute atomic E-state index is 0.194. The monoisotopic (exact) mass is 367 g/mol. The van der Waals surface area contributed by atoms with Crippen LogP contribution in [0.2, 0.25) is 0 Å². The van der Waals surface area contributed by atoms with Gasteiger partial charge in [0.2, 0.25) is 0 Å². The Bertz CT molecular complexity index is 992. The van der Waals surface area contributed by atoms with Crippen LogP contribution in [0.1, 0.15) is 10.4 Å². The van der Waals surface area contributed by atoms with Crippen LogP contribution in [-0.2, 0) is 0 Å². The predicted molar refractivity (Wildman–Crippen MR) is 102 cm³/mol. The van der Waals surface area contributed by atoms with Crippen LogP contribution in [0.3, 0.4) is 0 Å². The van der Waals surface area contributed by atoms with E-state index in [0.29, 0.717) is 17.1 Å². The van der Waals surface area contributed by atoms with Crippen molar-refractivity contribution >= 4 is 17.5 Å². The molecule has 7 heteroatoms. The van der Waals surface area contributed by atoms with Crippen molar-refractivity contribution in [3.05, 3.63) is 66.0 Å². The number of anilines is 2. The van der Waals surface area contributed by atoms with Gasteiger partial charge in [0, 0.05) is 11.1 Å². The van der Waals surface area contributed by atoms with Crippen molar-refractivity contribution in [3.8, 4) is 22.6 Å². The number of hydrogen-bond donors (Lipinski definition) is 2. The van der Waals surface area contributed by atoms with Crippen LogP contribution in [0.25, 0.3) is 11.1 Å². The second kappa shape index (κ2) is 7.74. The Morgan fingerprint density at radius 1 is 1.04 bits per heavy atom. The fraction of sp³-hybridized carbons (Fsp3) is 0.100. The Hall–Kier alpha value is -3.61. The van der Waals surface area contributed by atoms with Gasteiger partial charge in [-0.2, -0.15) is 0 Å². The molecule has 2 aromatic carbocycles. The molecule has 0 saturated heterocycles. The smallest absolute Gasteiger partial charge is 0.256 e. The quantitative estimate of drug-likeness (QED) is 0.717. The number of amides is 1. The summed E-state index contributed by atoms with van der Waals surface area (Å²) in [7, 11) is 3.11. The third kappa shape index (κ3) is 3.98. The molecule has 3 N–H and O–H groups in total. The van der Waals surface area contributed by atoms with E-state index in [2.05, 4.69) is 10.3 Å². The lowest BCUT2D eigenvalue weighted by molar-refractivity contribution is 0.102. The van der Waals surface area contributed by atoms with Crippen molar-refractivity contribution < 1.29 is 18.7 Å². The van der Waals surface area contributed by atoms with Gasteiger partial charge in [0.1, 0.15) is 17.5 Å². The molecule has 0 aliphatic rings. The standard InChI is InChI=1S/C20H18FN3O3/c1-26-16-8-6-12(11-17(16)27-2)15-7-9-18(23-19(15)22)24-20(25)13-4-3-5-14(21)10-13/h3-11H,1-2H3,(H3,22,23,24,25). The molecule has 0 unspecified atom stereocenters. The number of rotatable bonds is 5. The molecule has 0 aliphatic heterocycles. The van der Waals surface area contributed by atoms with E-state index < -0.39 is 11.7 Å². The Labute approximate surface area is 155 Å². The minimum Gasteiger partial charge on any atom is -0.493 e. The molecule has 0 spiro atoms. The van der Waals surface area contributed by atoms with Crippen LogP contribution in [0.5, 0.6) is 11.5 Å². The van der Waals surface area contributed by atoms with Crippen LogP contribution < -0.4 is 20.5 Å². The highest BCUT2D eigenvalue weighted by atomic mass is 19.1. The summed E-state index contributed by atoms with van der Waals surface area (Å²) in [4.78, 5) is 16.4. The minimum atomic E-state index is -0.487. The van der Waals surface area contributed by atoms with Crippen LogP contribution in [0.4, 0.5) is 16.0 Å². The lowest BCUT2D eigenvalue weighted by Crippen LogP contribution is -2.13. The summed E-state index contributed by atoms with van der Waals surface area (Å²) >= 11 is 0. The highest BCUT2D eigenvalue weighted by Gasteiger charge is 2.12. The zero-order chi connectivity index (χ0) is 19.4. The molecule has 1 amide bonds. The Morgan fingerprint density at radius 2 is 1.81 bits per heavy atom. The van der Waals surface area contributed by atoms with E-state index in [1.54, 1.807) is 38.5 Å².